The molecule has 1 aromatic heterocycles. The van der Waals surface area contributed by atoms with Crippen molar-refractivity contribution in [2.75, 3.05) is 18.6 Å². The van der Waals surface area contributed by atoms with E-state index >= 15 is 0 Å². The molecular formula is C16H17N3O3. The highest BCUT2D eigenvalue weighted by Crippen LogP contribution is 2.39. The van der Waals surface area contributed by atoms with Crippen molar-refractivity contribution >= 4 is 11.6 Å². The summed E-state index contributed by atoms with van der Waals surface area (Å²) in [5.41, 5.74) is 0.871. The van der Waals surface area contributed by atoms with Crippen LogP contribution in [0, 0.1) is 0 Å². The molecule has 1 amide bonds. The third-order valence-corrected chi connectivity index (χ3v) is 4.26. The predicted molar refractivity (Wildman–Crippen MR) is 79.0 cm³/mol. The monoisotopic (exact) mass is 299 g/mol. The average Bonchev–Trinajstić information content (AvgIpc) is 3.15. The fourth-order valence-electron chi connectivity index (χ4n) is 2.81. The zero-order chi connectivity index (χ0) is 15.1. The lowest BCUT2D eigenvalue weighted by Crippen LogP contribution is -2.24. The Morgan fingerprint density at radius 2 is 2.00 bits per heavy atom. The van der Waals surface area contributed by atoms with Crippen molar-refractivity contribution in [2.45, 2.75) is 31.1 Å². The number of methoxy groups -OCH3 is 1. The van der Waals surface area contributed by atoms with Gasteiger partial charge in [-0.3, -0.25) is 4.79 Å². The van der Waals surface area contributed by atoms with Crippen molar-refractivity contribution in [1.29, 1.82) is 0 Å². The molecule has 1 aliphatic heterocycles. The van der Waals surface area contributed by atoms with E-state index in [4.69, 9.17) is 9.26 Å². The molecule has 6 nitrogen and oxygen atoms in total. The standard InChI is InChI=1S/C16H17N3O3/c1-21-13-6-4-12(5-7-13)19-9-11(8-14(19)20)16-17-15(18-22-16)10-2-3-10/h4-7,10-11H,2-3,8-9H2,1H3. The van der Waals surface area contributed by atoms with Crippen LogP contribution >= 0.6 is 0 Å². The number of carbonyl (C=O) groups excluding carboxylic acids is 1. The molecule has 1 unspecified atom stereocenters. The van der Waals surface area contributed by atoms with Gasteiger partial charge in [-0.25, -0.2) is 0 Å². The second kappa shape index (κ2) is 5.12. The summed E-state index contributed by atoms with van der Waals surface area (Å²) in [6.07, 6.45) is 2.69. The molecule has 1 atom stereocenters. The SMILES string of the molecule is COc1ccc(N2CC(c3nc(C4CC4)no3)CC2=O)cc1. The van der Waals surface area contributed by atoms with Crippen molar-refractivity contribution in [1.82, 2.24) is 10.1 Å². The number of amides is 1. The first kappa shape index (κ1) is 13.3. The number of carbonyl (C=O) groups is 1. The van der Waals surface area contributed by atoms with Crippen LogP contribution in [0.2, 0.25) is 0 Å². The second-order valence-corrected chi connectivity index (χ2v) is 5.87. The number of benzene rings is 1. The summed E-state index contributed by atoms with van der Waals surface area (Å²) in [5, 5.41) is 4.04. The van der Waals surface area contributed by atoms with Crippen LogP contribution in [0.25, 0.3) is 0 Å². The number of nitrogens with zero attached hydrogens (tertiary/aromatic N) is 3. The predicted octanol–water partition coefficient (Wildman–Crippen LogP) is 2.48. The van der Waals surface area contributed by atoms with Crippen LogP contribution < -0.4 is 9.64 Å². The summed E-state index contributed by atoms with van der Waals surface area (Å²) in [4.78, 5) is 18.5. The Balaban J connectivity index is 1.51. The molecule has 0 bridgehead atoms. The minimum Gasteiger partial charge on any atom is -0.497 e. The molecule has 22 heavy (non-hydrogen) atoms. The number of aromatic nitrogens is 2. The summed E-state index contributed by atoms with van der Waals surface area (Å²) in [6.45, 7) is 0.581. The maximum atomic E-state index is 12.3. The zero-order valence-corrected chi connectivity index (χ0v) is 12.4. The highest BCUT2D eigenvalue weighted by atomic mass is 16.5. The van der Waals surface area contributed by atoms with Crippen LogP contribution in [-0.2, 0) is 4.79 Å². The lowest BCUT2D eigenvalue weighted by molar-refractivity contribution is -0.117. The Bertz CT molecular complexity index is 691. The number of hydrogen-bond donors (Lipinski definition) is 0. The molecule has 114 valence electrons. The Labute approximate surface area is 128 Å². The van der Waals surface area contributed by atoms with Gasteiger partial charge in [0.15, 0.2) is 5.82 Å². The molecule has 1 saturated heterocycles. The average molecular weight is 299 g/mol. The lowest BCUT2D eigenvalue weighted by atomic mass is 10.1. The summed E-state index contributed by atoms with van der Waals surface area (Å²) in [5.74, 6) is 2.69. The molecule has 0 radical (unpaired) electrons. The van der Waals surface area contributed by atoms with Gasteiger partial charge in [0.2, 0.25) is 11.8 Å². The quantitative estimate of drug-likeness (QED) is 0.867. The van der Waals surface area contributed by atoms with E-state index in [1.54, 1.807) is 12.0 Å². The highest BCUT2D eigenvalue weighted by molar-refractivity contribution is 5.96. The van der Waals surface area contributed by atoms with Crippen molar-refractivity contribution in [2.24, 2.45) is 0 Å². The Kier molecular flexibility index (Phi) is 3.10. The van der Waals surface area contributed by atoms with Gasteiger partial charge in [-0.1, -0.05) is 5.16 Å². The number of hydrogen-bond acceptors (Lipinski definition) is 5. The van der Waals surface area contributed by atoms with Crippen LogP contribution in [0.4, 0.5) is 5.69 Å². The van der Waals surface area contributed by atoms with Gasteiger partial charge in [0, 0.05) is 24.6 Å². The fraction of sp³-hybridized carbons (Fsp3) is 0.438. The minimum absolute atomic E-state index is 0.0189. The summed E-state index contributed by atoms with van der Waals surface area (Å²) < 4.78 is 10.5. The third-order valence-electron chi connectivity index (χ3n) is 4.26. The maximum Gasteiger partial charge on any atom is 0.232 e. The molecule has 6 heteroatoms. The summed E-state index contributed by atoms with van der Waals surface area (Å²) in [6, 6.07) is 7.49. The highest BCUT2D eigenvalue weighted by Gasteiger charge is 2.36. The number of ether oxygens (including phenoxy) is 1. The number of rotatable bonds is 4. The van der Waals surface area contributed by atoms with Crippen molar-refractivity contribution in [3.63, 3.8) is 0 Å². The van der Waals surface area contributed by atoms with Crippen molar-refractivity contribution in [3.05, 3.63) is 36.0 Å². The van der Waals surface area contributed by atoms with Crippen LogP contribution in [0.3, 0.4) is 0 Å². The van der Waals surface area contributed by atoms with E-state index in [0.717, 1.165) is 30.1 Å². The van der Waals surface area contributed by atoms with Crippen LogP contribution in [0.15, 0.2) is 28.8 Å². The second-order valence-electron chi connectivity index (χ2n) is 5.87. The Morgan fingerprint density at radius 3 is 2.68 bits per heavy atom. The third kappa shape index (κ3) is 2.34. The van der Waals surface area contributed by atoms with Crippen molar-refractivity contribution in [3.8, 4) is 5.75 Å². The minimum atomic E-state index is -0.0189. The molecule has 1 saturated carbocycles. The summed E-state index contributed by atoms with van der Waals surface area (Å²) in [7, 11) is 1.62. The number of anilines is 1. The smallest absolute Gasteiger partial charge is 0.232 e. The molecular weight excluding hydrogens is 282 g/mol. The first-order chi connectivity index (χ1) is 10.7. The van der Waals surface area contributed by atoms with E-state index in [9.17, 15) is 4.79 Å². The van der Waals surface area contributed by atoms with E-state index in [1.165, 1.54) is 0 Å². The van der Waals surface area contributed by atoms with Gasteiger partial charge in [0.25, 0.3) is 0 Å². The fourth-order valence-corrected chi connectivity index (χ4v) is 2.81. The molecule has 2 heterocycles. The van der Waals surface area contributed by atoms with E-state index in [-0.39, 0.29) is 11.8 Å². The summed E-state index contributed by atoms with van der Waals surface area (Å²) >= 11 is 0. The van der Waals surface area contributed by atoms with Gasteiger partial charge in [0.1, 0.15) is 5.75 Å². The molecule has 2 aromatic rings. The maximum absolute atomic E-state index is 12.3. The molecule has 1 aliphatic carbocycles. The molecule has 0 spiro atoms. The van der Waals surface area contributed by atoms with E-state index in [1.807, 2.05) is 24.3 Å². The topological polar surface area (TPSA) is 68.5 Å². The largest absolute Gasteiger partial charge is 0.497 e. The van der Waals surface area contributed by atoms with Crippen molar-refractivity contribution < 1.29 is 14.1 Å². The first-order valence-corrected chi connectivity index (χ1v) is 7.52. The van der Waals surface area contributed by atoms with E-state index in [0.29, 0.717) is 24.8 Å². The lowest BCUT2D eigenvalue weighted by Gasteiger charge is -2.16. The molecule has 4 rings (SSSR count). The van der Waals surface area contributed by atoms with Crippen LogP contribution in [0.1, 0.15) is 42.8 Å². The van der Waals surface area contributed by atoms with Crippen LogP contribution in [-0.4, -0.2) is 29.7 Å². The Morgan fingerprint density at radius 1 is 1.23 bits per heavy atom. The van der Waals surface area contributed by atoms with E-state index in [2.05, 4.69) is 10.1 Å². The van der Waals surface area contributed by atoms with Gasteiger partial charge in [-0.05, 0) is 37.1 Å². The molecule has 2 fully saturated rings. The van der Waals surface area contributed by atoms with Gasteiger partial charge >= 0.3 is 0 Å². The van der Waals surface area contributed by atoms with Gasteiger partial charge in [-0.15, -0.1) is 0 Å². The van der Waals surface area contributed by atoms with Gasteiger partial charge in [-0.2, -0.15) is 4.98 Å². The van der Waals surface area contributed by atoms with Crippen LogP contribution in [0.5, 0.6) is 5.75 Å². The molecule has 1 aromatic carbocycles. The first-order valence-electron chi connectivity index (χ1n) is 7.52. The van der Waals surface area contributed by atoms with E-state index < -0.39 is 0 Å². The zero-order valence-electron chi connectivity index (χ0n) is 12.4. The normalized spacial score (nSPS) is 21.4. The van der Waals surface area contributed by atoms with Gasteiger partial charge < -0.3 is 14.2 Å². The molecule has 2 aliphatic rings. The Hall–Kier alpha value is -2.37. The molecule has 0 N–H and O–H groups in total. The van der Waals surface area contributed by atoms with Gasteiger partial charge in [0.05, 0.1) is 13.0 Å².